The Morgan fingerprint density at radius 3 is 2.60 bits per heavy atom. The first-order chi connectivity index (χ1) is 9.72. The summed E-state index contributed by atoms with van der Waals surface area (Å²) < 4.78 is 2.20. The molecule has 0 spiro atoms. The average molecular weight is 278 g/mol. The van der Waals surface area contributed by atoms with Crippen LogP contribution in [-0.4, -0.2) is 40.9 Å². The van der Waals surface area contributed by atoms with Gasteiger partial charge < -0.3 is 10.2 Å². The first-order valence-electron chi connectivity index (χ1n) is 8.18. The van der Waals surface area contributed by atoms with Crippen LogP contribution >= 0.6 is 0 Å². The molecule has 0 amide bonds. The number of nitrogens with zero attached hydrogens (tertiary/aromatic N) is 3. The topological polar surface area (TPSA) is 33.1 Å². The van der Waals surface area contributed by atoms with Crippen LogP contribution in [0.2, 0.25) is 0 Å². The van der Waals surface area contributed by atoms with Crippen LogP contribution in [0.5, 0.6) is 0 Å². The molecule has 1 aliphatic rings. The maximum Gasteiger partial charge on any atom is 0.0641 e. The summed E-state index contributed by atoms with van der Waals surface area (Å²) in [6.07, 6.45) is 5.16. The zero-order valence-corrected chi connectivity index (χ0v) is 13.4. The van der Waals surface area contributed by atoms with Crippen LogP contribution in [0, 0.1) is 13.8 Å². The lowest BCUT2D eigenvalue weighted by molar-refractivity contribution is 0.321. The molecule has 20 heavy (non-hydrogen) atoms. The van der Waals surface area contributed by atoms with E-state index in [1.807, 2.05) is 0 Å². The highest BCUT2D eigenvalue weighted by molar-refractivity contribution is 5.24. The Balaban J connectivity index is 1.83. The molecular formula is C16H30N4. The maximum absolute atomic E-state index is 4.71. The van der Waals surface area contributed by atoms with Gasteiger partial charge in [-0.1, -0.05) is 6.92 Å². The number of hydrogen-bond donors (Lipinski definition) is 1. The van der Waals surface area contributed by atoms with Crippen molar-refractivity contribution in [1.82, 2.24) is 20.0 Å². The molecule has 1 aliphatic heterocycles. The van der Waals surface area contributed by atoms with Gasteiger partial charge in [0, 0.05) is 24.3 Å². The van der Waals surface area contributed by atoms with Crippen molar-refractivity contribution in [1.29, 1.82) is 0 Å². The predicted molar refractivity (Wildman–Crippen MR) is 84.0 cm³/mol. The van der Waals surface area contributed by atoms with Crippen LogP contribution in [0.4, 0.5) is 0 Å². The molecule has 0 aliphatic carbocycles. The zero-order chi connectivity index (χ0) is 14.4. The van der Waals surface area contributed by atoms with E-state index in [9.17, 15) is 0 Å². The van der Waals surface area contributed by atoms with Gasteiger partial charge in [0.25, 0.3) is 0 Å². The van der Waals surface area contributed by atoms with Crippen LogP contribution < -0.4 is 5.32 Å². The Hall–Kier alpha value is -0.870. The van der Waals surface area contributed by atoms with E-state index in [1.165, 1.54) is 62.3 Å². The van der Waals surface area contributed by atoms with Crippen molar-refractivity contribution in [3.8, 4) is 0 Å². The third-order valence-corrected chi connectivity index (χ3v) is 4.30. The van der Waals surface area contributed by atoms with E-state index < -0.39 is 0 Å². The predicted octanol–water partition coefficient (Wildman–Crippen LogP) is 2.49. The minimum atomic E-state index is 0.956. The molecule has 1 saturated heterocycles. The number of nitrogens with one attached hydrogen (secondary N) is 1. The molecule has 2 rings (SSSR count). The monoisotopic (exact) mass is 278 g/mol. The maximum atomic E-state index is 4.71. The number of hydrogen-bond acceptors (Lipinski definition) is 3. The molecule has 0 saturated carbocycles. The summed E-state index contributed by atoms with van der Waals surface area (Å²) in [7, 11) is 0. The Kier molecular flexibility index (Phi) is 6.05. The summed E-state index contributed by atoms with van der Waals surface area (Å²) in [4.78, 5) is 2.58. The highest BCUT2D eigenvalue weighted by atomic mass is 15.3. The molecule has 1 aromatic heterocycles. The molecule has 1 fully saturated rings. The van der Waals surface area contributed by atoms with E-state index >= 15 is 0 Å². The third kappa shape index (κ3) is 4.06. The van der Waals surface area contributed by atoms with Crippen molar-refractivity contribution in [2.45, 2.75) is 59.5 Å². The van der Waals surface area contributed by atoms with Gasteiger partial charge in [-0.15, -0.1) is 0 Å². The summed E-state index contributed by atoms with van der Waals surface area (Å²) in [5.74, 6) is 0. The van der Waals surface area contributed by atoms with E-state index in [0.29, 0.717) is 0 Å². The lowest BCUT2D eigenvalue weighted by Gasteiger charge is -2.14. The standard InChI is InChI=1S/C16H30N4/c1-4-8-17-13-16-14(2)18-20(15(16)3)12-7-11-19-9-5-6-10-19/h17H,4-13H2,1-3H3. The Bertz CT molecular complexity index is 405. The second kappa shape index (κ2) is 7.79. The molecule has 0 atom stereocenters. The fourth-order valence-electron chi connectivity index (χ4n) is 3.05. The SMILES string of the molecule is CCCNCc1c(C)nn(CCCN2CCCC2)c1C. The van der Waals surface area contributed by atoms with Crippen LogP contribution in [0.3, 0.4) is 0 Å². The van der Waals surface area contributed by atoms with Gasteiger partial charge in [0.1, 0.15) is 0 Å². The zero-order valence-electron chi connectivity index (χ0n) is 13.4. The highest BCUT2D eigenvalue weighted by Gasteiger charge is 2.13. The Labute approximate surface area is 123 Å². The molecule has 0 radical (unpaired) electrons. The molecule has 0 aromatic carbocycles. The molecule has 1 N–H and O–H groups in total. The fourth-order valence-corrected chi connectivity index (χ4v) is 3.05. The summed E-state index contributed by atoms with van der Waals surface area (Å²) in [5, 5.41) is 8.20. The first kappa shape index (κ1) is 15.5. The molecule has 4 heteroatoms. The van der Waals surface area contributed by atoms with Crippen LogP contribution in [0.1, 0.15) is 49.6 Å². The molecule has 1 aromatic rings. The first-order valence-corrected chi connectivity index (χ1v) is 8.18. The minimum Gasteiger partial charge on any atom is -0.313 e. The van der Waals surface area contributed by atoms with Crippen molar-refractivity contribution in [2.75, 3.05) is 26.2 Å². The van der Waals surface area contributed by atoms with Crippen LogP contribution in [-0.2, 0) is 13.1 Å². The lowest BCUT2D eigenvalue weighted by atomic mass is 10.2. The number of rotatable bonds is 8. The summed E-state index contributed by atoms with van der Waals surface area (Å²) in [6, 6.07) is 0. The quantitative estimate of drug-likeness (QED) is 0.742. The second-order valence-electron chi connectivity index (χ2n) is 5.95. The largest absolute Gasteiger partial charge is 0.313 e. The van der Waals surface area contributed by atoms with Crippen molar-refractivity contribution in [3.63, 3.8) is 0 Å². The molecular weight excluding hydrogens is 248 g/mol. The molecule has 2 heterocycles. The highest BCUT2D eigenvalue weighted by Crippen LogP contribution is 2.14. The summed E-state index contributed by atoms with van der Waals surface area (Å²) >= 11 is 0. The van der Waals surface area contributed by atoms with Crippen molar-refractivity contribution in [2.24, 2.45) is 0 Å². The number of aromatic nitrogens is 2. The lowest BCUT2D eigenvalue weighted by Crippen LogP contribution is -2.22. The second-order valence-corrected chi connectivity index (χ2v) is 5.95. The van der Waals surface area contributed by atoms with Gasteiger partial charge in [0.2, 0.25) is 0 Å². The van der Waals surface area contributed by atoms with Crippen molar-refractivity contribution in [3.05, 3.63) is 17.0 Å². The fraction of sp³-hybridized carbons (Fsp3) is 0.812. The third-order valence-electron chi connectivity index (χ3n) is 4.30. The smallest absolute Gasteiger partial charge is 0.0641 e. The minimum absolute atomic E-state index is 0.956. The summed E-state index contributed by atoms with van der Waals surface area (Å²) in [6.45, 7) is 13.4. The molecule has 4 nitrogen and oxygen atoms in total. The number of aryl methyl sites for hydroxylation is 2. The van der Waals surface area contributed by atoms with Crippen LogP contribution in [0.15, 0.2) is 0 Å². The van der Waals surface area contributed by atoms with Gasteiger partial charge in [-0.25, -0.2) is 0 Å². The van der Waals surface area contributed by atoms with Gasteiger partial charge in [-0.05, 0) is 65.7 Å². The normalized spacial score (nSPS) is 16.1. The van der Waals surface area contributed by atoms with E-state index in [1.54, 1.807) is 0 Å². The Morgan fingerprint density at radius 1 is 1.15 bits per heavy atom. The van der Waals surface area contributed by atoms with Gasteiger partial charge in [-0.2, -0.15) is 5.10 Å². The molecule has 0 bridgehead atoms. The van der Waals surface area contributed by atoms with E-state index in [2.05, 4.69) is 35.7 Å². The van der Waals surface area contributed by atoms with E-state index in [4.69, 9.17) is 5.10 Å². The van der Waals surface area contributed by atoms with E-state index in [-0.39, 0.29) is 0 Å². The van der Waals surface area contributed by atoms with Crippen molar-refractivity contribution >= 4 is 0 Å². The van der Waals surface area contributed by atoms with Crippen LogP contribution in [0.25, 0.3) is 0 Å². The van der Waals surface area contributed by atoms with Gasteiger partial charge in [-0.3, -0.25) is 4.68 Å². The molecule has 114 valence electrons. The average Bonchev–Trinajstić information content (AvgIpc) is 3.03. The Morgan fingerprint density at radius 2 is 1.90 bits per heavy atom. The molecule has 0 unspecified atom stereocenters. The number of likely N-dealkylation sites (tertiary alicyclic amines) is 1. The van der Waals surface area contributed by atoms with Crippen molar-refractivity contribution < 1.29 is 0 Å². The van der Waals surface area contributed by atoms with E-state index in [0.717, 1.165) is 19.6 Å². The van der Waals surface area contributed by atoms with Gasteiger partial charge in [0.05, 0.1) is 5.69 Å². The van der Waals surface area contributed by atoms with Gasteiger partial charge >= 0.3 is 0 Å². The summed E-state index contributed by atoms with van der Waals surface area (Å²) in [5.41, 5.74) is 3.92. The van der Waals surface area contributed by atoms with Gasteiger partial charge in [0.15, 0.2) is 0 Å².